The van der Waals surface area contributed by atoms with Gasteiger partial charge in [-0.2, -0.15) is 0 Å². The van der Waals surface area contributed by atoms with Crippen molar-refractivity contribution in [3.8, 4) is 11.1 Å². The molecule has 1 fully saturated rings. The second-order valence-corrected chi connectivity index (χ2v) is 16.7. The number of esters is 1. The SMILES string of the molecule is CC(C)[C@@H](C(=O)NCC(=O)OC(c1ccccc1)(c1ccc(C2CCCCCCCC2)cc1)c1ccccc1Cl)N(C)C(=O)OCC1c2ccccc2-c2ccccc21. The van der Waals surface area contributed by atoms with Crippen LogP contribution in [-0.4, -0.2) is 49.1 Å². The van der Waals surface area contributed by atoms with Crippen molar-refractivity contribution < 1.29 is 23.9 Å². The molecule has 0 heterocycles. The fourth-order valence-corrected chi connectivity index (χ4v) is 9.50. The summed E-state index contributed by atoms with van der Waals surface area (Å²) in [6.45, 7) is 3.41. The summed E-state index contributed by atoms with van der Waals surface area (Å²) in [5.74, 6) is -1.08. The van der Waals surface area contributed by atoms with Crippen molar-refractivity contribution in [3.05, 3.63) is 166 Å². The van der Waals surface area contributed by atoms with Crippen LogP contribution in [0.3, 0.4) is 0 Å². The number of fused-ring (bicyclic) bond motifs is 3. The highest BCUT2D eigenvalue weighted by atomic mass is 35.5. The first kappa shape index (κ1) is 41.7. The number of ether oxygens (including phenoxy) is 2. The zero-order valence-corrected chi connectivity index (χ0v) is 35.1. The maximum absolute atomic E-state index is 14.2. The van der Waals surface area contributed by atoms with Gasteiger partial charge in [0.2, 0.25) is 5.91 Å². The fraction of sp³-hybridized carbons (Fsp3) is 0.353. The Labute approximate surface area is 354 Å². The number of hydrogen-bond acceptors (Lipinski definition) is 5. The van der Waals surface area contributed by atoms with Crippen LogP contribution in [-0.2, 0) is 24.7 Å². The normalized spacial score (nSPS) is 16.0. The molecule has 59 heavy (non-hydrogen) atoms. The number of nitrogens with zero attached hydrogens (tertiary/aromatic N) is 1. The van der Waals surface area contributed by atoms with Crippen molar-refractivity contribution in [1.29, 1.82) is 0 Å². The molecule has 1 saturated carbocycles. The molecule has 0 aromatic heterocycles. The molecular weight excluding hydrogens is 756 g/mol. The molecule has 8 heteroatoms. The highest BCUT2D eigenvalue weighted by Gasteiger charge is 2.43. The molecule has 0 saturated heterocycles. The number of benzene rings is 5. The monoisotopic (exact) mass is 810 g/mol. The van der Waals surface area contributed by atoms with E-state index in [1.165, 1.54) is 49.0 Å². The van der Waals surface area contributed by atoms with Crippen molar-refractivity contribution in [3.63, 3.8) is 0 Å². The summed E-state index contributed by atoms with van der Waals surface area (Å²) in [5.41, 5.74) is 6.41. The third-order valence-corrected chi connectivity index (χ3v) is 12.5. The van der Waals surface area contributed by atoms with Crippen LogP contribution in [0, 0.1) is 5.92 Å². The van der Waals surface area contributed by atoms with Crippen molar-refractivity contribution >= 4 is 29.6 Å². The van der Waals surface area contributed by atoms with Gasteiger partial charge < -0.3 is 14.8 Å². The van der Waals surface area contributed by atoms with Gasteiger partial charge in [-0.05, 0) is 58.6 Å². The van der Waals surface area contributed by atoms with E-state index < -0.39 is 36.2 Å². The molecule has 0 radical (unpaired) electrons. The molecule has 5 aromatic rings. The van der Waals surface area contributed by atoms with Crippen LogP contribution in [0.15, 0.2) is 127 Å². The fourth-order valence-electron chi connectivity index (χ4n) is 9.23. The van der Waals surface area contributed by atoms with Crippen molar-refractivity contribution in [2.45, 2.75) is 88.7 Å². The van der Waals surface area contributed by atoms with E-state index in [0.29, 0.717) is 16.5 Å². The summed E-state index contributed by atoms with van der Waals surface area (Å²) in [4.78, 5) is 43.0. The van der Waals surface area contributed by atoms with Gasteiger partial charge in [0.05, 0.1) is 0 Å². The number of nitrogens with one attached hydrogen (secondary N) is 1. The van der Waals surface area contributed by atoms with E-state index in [1.54, 1.807) is 13.1 Å². The lowest BCUT2D eigenvalue weighted by Gasteiger charge is -2.36. The minimum atomic E-state index is -1.42. The zero-order valence-electron chi connectivity index (χ0n) is 34.4. The maximum Gasteiger partial charge on any atom is 0.410 e. The Balaban J connectivity index is 1.09. The molecule has 1 N–H and O–H groups in total. The van der Waals surface area contributed by atoms with Crippen molar-refractivity contribution in [2.24, 2.45) is 5.92 Å². The first-order valence-corrected chi connectivity index (χ1v) is 21.5. The quantitative estimate of drug-likeness (QED) is 0.100. The maximum atomic E-state index is 14.2. The molecule has 2 aliphatic carbocycles. The van der Waals surface area contributed by atoms with Crippen LogP contribution in [0.1, 0.15) is 110 Å². The van der Waals surface area contributed by atoms with E-state index in [-0.39, 0.29) is 18.4 Å². The summed E-state index contributed by atoms with van der Waals surface area (Å²) >= 11 is 6.97. The minimum absolute atomic E-state index is 0.119. The topological polar surface area (TPSA) is 84.9 Å². The summed E-state index contributed by atoms with van der Waals surface area (Å²) in [5, 5.41) is 3.23. The predicted molar refractivity (Wildman–Crippen MR) is 234 cm³/mol. The van der Waals surface area contributed by atoms with E-state index >= 15 is 0 Å². The lowest BCUT2D eigenvalue weighted by molar-refractivity contribution is -0.153. The Morgan fingerprint density at radius 2 is 1.25 bits per heavy atom. The van der Waals surface area contributed by atoms with Gasteiger partial charge in [0, 0.05) is 34.7 Å². The van der Waals surface area contributed by atoms with Crippen molar-refractivity contribution in [1.82, 2.24) is 10.2 Å². The molecule has 2 amide bonds. The molecule has 306 valence electrons. The van der Waals surface area contributed by atoms with Crippen LogP contribution < -0.4 is 5.32 Å². The largest absolute Gasteiger partial charge is 0.448 e. The number of halogens is 1. The Hall–Kier alpha value is -5.40. The highest BCUT2D eigenvalue weighted by molar-refractivity contribution is 6.31. The Morgan fingerprint density at radius 3 is 1.86 bits per heavy atom. The van der Waals surface area contributed by atoms with Gasteiger partial charge in [0.25, 0.3) is 0 Å². The number of carbonyl (C=O) groups excluding carboxylic acids is 3. The summed E-state index contributed by atoms with van der Waals surface area (Å²) < 4.78 is 12.5. The second kappa shape index (κ2) is 19.1. The predicted octanol–water partition coefficient (Wildman–Crippen LogP) is 11.4. The van der Waals surface area contributed by atoms with Crippen LogP contribution in [0.2, 0.25) is 5.02 Å². The summed E-state index contributed by atoms with van der Waals surface area (Å²) in [7, 11) is 1.56. The van der Waals surface area contributed by atoms with Crippen LogP contribution in [0.25, 0.3) is 11.1 Å². The molecule has 0 bridgehead atoms. The smallest absolute Gasteiger partial charge is 0.410 e. The van der Waals surface area contributed by atoms with Gasteiger partial charge in [-0.25, -0.2) is 4.79 Å². The molecule has 5 aromatic carbocycles. The average Bonchev–Trinajstić information content (AvgIpc) is 3.64. The van der Waals surface area contributed by atoms with E-state index in [0.717, 1.165) is 46.2 Å². The number of likely N-dealkylation sites (N-methyl/N-ethyl adjacent to an activating group) is 1. The van der Waals surface area contributed by atoms with Crippen LogP contribution in [0.4, 0.5) is 4.79 Å². The standard InChI is InChI=1S/C51H55ClN2O5/c1-35(2)48(54(3)50(57)58-34-44-42-25-15-13-23-40(42)41-24-14-16-26-43(41)44)49(56)53-33-47(55)59-51(38-21-11-8-12-22-38,45-27-17-18-28-46(45)52)39-31-29-37(30-32-39)36-19-9-6-4-5-7-10-20-36/h8,11-18,21-32,35-36,44,48H,4-7,9-10,19-20,33-34H2,1-3H3,(H,53,56)/t48-,51?/m0/s1. The zero-order chi connectivity index (χ0) is 41.4. The number of rotatable bonds is 12. The van der Waals surface area contributed by atoms with Crippen LogP contribution >= 0.6 is 11.6 Å². The Bertz CT molecular complexity index is 2170. The lowest BCUT2D eigenvalue weighted by atomic mass is 9.79. The van der Waals surface area contributed by atoms with Gasteiger partial charge in [-0.15, -0.1) is 0 Å². The molecular formula is C51H55ClN2O5. The first-order chi connectivity index (χ1) is 28.7. The molecule has 2 aliphatic rings. The van der Waals surface area contributed by atoms with Gasteiger partial charge in [0.15, 0.2) is 5.60 Å². The lowest BCUT2D eigenvalue weighted by Crippen LogP contribution is -2.52. The van der Waals surface area contributed by atoms with E-state index in [2.05, 4.69) is 53.8 Å². The van der Waals surface area contributed by atoms with Gasteiger partial charge in [-0.1, -0.05) is 185 Å². The molecule has 0 aliphatic heterocycles. The van der Waals surface area contributed by atoms with E-state index in [9.17, 15) is 14.4 Å². The highest BCUT2D eigenvalue weighted by Crippen LogP contribution is 2.46. The summed E-state index contributed by atoms with van der Waals surface area (Å²) in [6, 6.07) is 40.9. The van der Waals surface area contributed by atoms with Crippen LogP contribution in [0.5, 0.6) is 0 Å². The molecule has 7 rings (SSSR count). The molecule has 2 atom stereocenters. The van der Waals surface area contributed by atoms with Crippen molar-refractivity contribution in [2.75, 3.05) is 20.2 Å². The second-order valence-electron chi connectivity index (χ2n) is 16.3. The molecule has 7 nitrogen and oxygen atoms in total. The van der Waals surface area contributed by atoms with E-state index in [4.69, 9.17) is 21.1 Å². The Kier molecular flexibility index (Phi) is 13.5. The average molecular weight is 811 g/mol. The molecule has 1 unspecified atom stereocenters. The third kappa shape index (κ3) is 9.11. The van der Waals surface area contributed by atoms with Gasteiger partial charge in [0.1, 0.15) is 19.2 Å². The third-order valence-electron chi connectivity index (χ3n) is 12.2. The van der Waals surface area contributed by atoms with Gasteiger partial charge in [-0.3, -0.25) is 14.5 Å². The minimum Gasteiger partial charge on any atom is -0.448 e. The number of hydrogen-bond donors (Lipinski definition) is 1. The number of carbonyl (C=O) groups is 3. The Morgan fingerprint density at radius 1 is 0.712 bits per heavy atom. The summed E-state index contributed by atoms with van der Waals surface area (Å²) in [6.07, 6.45) is 9.31. The van der Waals surface area contributed by atoms with E-state index in [1.807, 2.05) is 86.6 Å². The first-order valence-electron chi connectivity index (χ1n) is 21.2. The van der Waals surface area contributed by atoms with Gasteiger partial charge >= 0.3 is 12.1 Å². The number of amides is 2. The molecule has 0 spiro atoms.